The monoisotopic (exact) mass is 554 g/mol. The SMILES string of the molecule is O=C(NCc1ccccc1)[C@H](Cc1ccccc1)NC(=O)[C@@H]1Cc2c([nH]c3ccccc23)[C@H]2c3ccccc3C(=O)N21. The van der Waals surface area contributed by atoms with Crippen molar-refractivity contribution in [2.75, 3.05) is 0 Å². The lowest BCUT2D eigenvalue weighted by Crippen LogP contribution is -2.57. The molecule has 2 aliphatic rings. The second-order valence-corrected chi connectivity index (χ2v) is 10.9. The summed E-state index contributed by atoms with van der Waals surface area (Å²) in [5.41, 5.74) is 6.34. The van der Waals surface area contributed by atoms with Gasteiger partial charge in [0.1, 0.15) is 12.1 Å². The zero-order valence-electron chi connectivity index (χ0n) is 22.9. The lowest BCUT2D eigenvalue weighted by molar-refractivity contribution is -0.132. The fraction of sp³-hybridized carbons (Fsp3) is 0.171. The molecule has 5 aromatic rings. The summed E-state index contributed by atoms with van der Waals surface area (Å²) in [6.07, 6.45) is 0.682. The van der Waals surface area contributed by atoms with Gasteiger partial charge < -0.3 is 20.5 Å². The molecule has 3 heterocycles. The van der Waals surface area contributed by atoms with Crippen molar-refractivity contribution in [1.82, 2.24) is 20.5 Å². The van der Waals surface area contributed by atoms with Crippen LogP contribution in [0.3, 0.4) is 0 Å². The van der Waals surface area contributed by atoms with E-state index in [-0.39, 0.29) is 17.7 Å². The van der Waals surface area contributed by atoms with E-state index in [4.69, 9.17) is 0 Å². The summed E-state index contributed by atoms with van der Waals surface area (Å²) in [5.74, 6) is -0.784. The molecule has 0 spiro atoms. The maximum atomic E-state index is 14.2. The normalized spacial score (nSPS) is 17.7. The average Bonchev–Trinajstić information content (AvgIpc) is 3.55. The van der Waals surface area contributed by atoms with Crippen molar-refractivity contribution in [3.05, 3.63) is 143 Å². The molecule has 3 amide bonds. The fourth-order valence-corrected chi connectivity index (χ4v) is 6.37. The summed E-state index contributed by atoms with van der Waals surface area (Å²) < 4.78 is 0. The lowest BCUT2D eigenvalue weighted by Gasteiger charge is -2.37. The van der Waals surface area contributed by atoms with Gasteiger partial charge >= 0.3 is 0 Å². The highest BCUT2D eigenvalue weighted by atomic mass is 16.2. The first-order valence-corrected chi connectivity index (χ1v) is 14.3. The van der Waals surface area contributed by atoms with Crippen LogP contribution in [0, 0.1) is 0 Å². The quantitative estimate of drug-likeness (QED) is 0.273. The van der Waals surface area contributed by atoms with Crippen LogP contribution in [0.2, 0.25) is 0 Å². The van der Waals surface area contributed by atoms with Crippen LogP contribution in [0.1, 0.15) is 44.3 Å². The van der Waals surface area contributed by atoms with E-state index in [0.29, 0.717) is 24.9 Å². The Labute approximate surface area is 243 Å². The Kier molecular flexibility index (Phi) is 6.55. The Morgan fingerprint density at radius 3 is 2.29 bits per heavy atom. The Bertz CT molecular complexity index is 1800. The molecule has 0 saturated carbocycles. The molecular formula is C35H30N4O3. The first-order chi connectivity index (χ1) is 20.6. The molecule has 0 saturated heterocycles. The predicted octanol–water partition coefficient (Wildman–Crippen LogP) is 4.68. The Morgan fingerprint density at radius 2 is 1.50 bits per heavy atom. The highest BCUT2D eigenvalue weighted by Gasteiger charge is 2.49. The molecule has 208 valence electrons. The summed E-state index contributed by atoms with van der Waals surface area (Å²) in [7, 11) is 0. The molecule has 1 aromatic heterocycles. The van der Waals surface area contributed by atoms with Crippen LogP contribution >= 0.6 is 0 Å². The minimum Gasteiger partial charge on any atom is -0.356 e. The fourth-order valence-electron chi connectivity index (χ4n) is 6.37. The minimum absolute atomic E-state index is 0.173. The number of hydrogen-bond donors (Lipinski definition) is 3. The third kappa shape index (κ3) is 4.53. The van der Waals surface area contributed by atoms with Gasteiger partial charge in [-0.15, -0.1) is 0 Å². The Balaban J connectivity index is 1.22. The third-order valence-electron chi connectivity index (χ3n) is 8.38. The average molecular weight is 555 g/mol. The minimum atomic E-state index is -0.813. The number of carbonyl (C=O) groups excluding carboxylic acids is 3. The molecule has 42 heavy (non-hydrogen) atoms. The highest BCUT2D eigenvalue weighted by Crippen LogP contribution is 2.46. The van der Waals surface area contributed by atoms with E-state index in [1.54, 1.807) is 4.90 Å². The number of nitrogens with zero attached hydrogens (tertiary/aromatic N) is 1. The number of fused-ring (bicyclic) bond motifs is 7. The molecule has 4 aromatic carbocycles. The molecule has 3 N–H and O–H groups in total. The van der Waals surface area contributed by atoms with E-state index in [2.05, 4.69) is 15.6 Å². The summed E-state index contributed by atoms with van der Waals surface area (Å²) in [6.45, 7) is 0.352. The van der Waals surface area contributed by atoms with Crippen molar-refractivity contribution >= 4 is 28.6 Å². The van der Waals surface area contributed by atoms with Crippen LogP contribution in [-0.2, 0) is 29.0 Å². The lowest BCUT2D eigenvalue weighted by atomic mass is 9.89. The second-order valence-electron chi connectivity index (χ2n) is 10.9. The van der Waals surface area contributed by atoms with Crippen LogP contribution in [0.15, 0.2) is 109 Å². The van der Waals surface area contributed by atoms with Gasteiger partial charge in [-0.05, 0) is 34.4 Å². The molecule has 0 unspecified atom stereocenters. The van der Waals surface area contributed by atoms with Crippen molar-refractivity contribution < 1.29 is 14.4 Å². The van der Waals surface area contributed by atoms with E-state index in [9.17, 15) is 14.4 Å². The summed E-state index contributed by atoms with van der Waals surface area (Å²) in [4.78, 5) is 46.7. The van der Waals surface area contributed by atoms with Gasteiger partial charge in [0.15, 0.2) is 0 Å². The van der Waals surface area contributed by atoms with Gasteiger partial charge in [-0.2, -0.15) is 0 Å². The summed E-state index contributed by atoms with van der Waals surface area (Å²) in [5, 5.41) is 7.09. The largest absolute Gasteiger partial charge is 0.356 e. The number of amides is 3. The van der Waals surface area contributed by atoms with Crippen LogP contribution in [0.5, 0.6) is 0 Å². The van der Waals surface area contributed by atoms with E-state index in [1.165, 1.54) is 0 Å². The van der Waals surface area contributed by atoms with Crippen molar-refractivity contribution in [2.45, 2.75) is 37.5 Å². The van der Waals surface area contributed by atoms with Crippen LogP contribution in [-0.4, -0.2) is 39.7 Å². The van der Waals surface area contributed by atoms with Gasteiger partial charge in [-0.3, -0.25) is 14.4 Å². The number of aromatic amines is 1. The third-order valence-corrected chi connectivity index (χ3v) is 8.38. The van der Waals surface area contributed by atoms with E-state index in [1.807, 2.05) is 109 Å². The van der Waals surface area contributed by atoms with Crippen molar-refractivity contribution in [3.63, 3.8) is 0 Å². The topological polar surface area (TPSA) is 94.3 Å². The maximum Gasteiger partial charge on any atom is 0.255 e. The number of para-hydroxylation sites is 1. The number of nitrogens with one attached hydrogen (secondary N) is 3. The molecule has 0 bridgehead atoms. The first kappa shape index (κ1) is 25.8. The standard InChI is InChI=1S/C35H30N4O3/c40-33(36-21-23-13-5-2-6-14-23)29(19-22-11-3-1-4-12-22)38-34(41)30-20-27-24-15-9-10-18-28(24)37-31(27)32-25-16-7-8-17-26(25)35(42)39(30)32/h1-18,29-30,32,37H,19-21H2,(H,36,40)(H,38,41)/t29-,30-,32+/m0/s1. The molecule has 7 heteroatoms. The summed E-state index contributed by atoms with van der Waals surface area (Å²) in [6, 6.07) is 32.9. The number of carbonyl (C=O) groups is 3. The van der Waals surface area contributed by atoms with E-state index < -0.39 is 18.1 Å². The molecule has 7 nitrogen and oxygen atoms in total. The maximum absolute atomic E-state index is 14.2. The smallest absolute Gasteiger partial charge is 0.255 e. The summed E-state index contributed by atoms with van der Waals surface area (Å²) >= 11 is 0. The highest BCUT2D eigenvalue weighted by molar-refractivity contribution is 6.04. The van der Waals surface area contributed by atoms with Gasteiger partial charge in [0, 0.05) is 41.5 Å². The van der Waals surface area contributed by atoms with Gasteiger partial charge in [0.2, 0.25) is 11.8 Å². The molecule has 0 radical (unpaired) electrons. The Morgan fingerprint density at radius 1 is 0.833 bits per heavy atom. The van der Waals surface area contributed by atoms with E-state index >= 15 is 0 Å². The number of H-pyrrole nitrogens is 1. The van der Waals surface area contributed by atoms with Crippen LogP contribution < -0.4 is 10.6 Å². The number of benzene rings is 4. The molecule has 3 atom stereocenters. The van der Waals surface area contributed by atoms with Crippen LogP contribution in [0.25, 0.3) is 10.9 Å². The van der Waals surface area contributed by atoms with Gasteiger partial charge in [0.25, 0.3) is 5.91 Å². The van der Waals surface area contributed by atoms with Crippen molar-refractivity contribution in [2.24, 2.45) is 0 Å². The molecule has 0 aliphatic carbocycles. The first-order valence-electron chi connectivity index (χ1n) is 14.3. The van der Waals surface area contributed by atoms with Gasteiger partial charge in [-0.1, -0.05) is 97.1 Å². The van der Waals surface area contributed by atoms with Crippen molar-refractivity contribution in [1.29, 1.82) is 0 Å². The molecule has 7 rings (SSSR count). The number of aromatic nitrogens is 1. The van der Waals surface area contributed by atoms with Crippen LogP contribution in [0.4, 0.5) is 0 Å². The zero-order valence-corrected chi connectivity index (χ0v) is 22.9. The molecule has 2 aliphatic heterocycles. The van der Waals surface area contributed by atoms with Gasteiger partial charge in [0.05, 0.1) is 6.04 Å². The van der Waals surface area contributed by atoms with Crippen molar-refractivity contribution in [3.8, 4) is 0 Å². The molecule has 0 fully saturated rings. The second kappa shape index (κ2) is 10.7. The van der Waals surface area contributed by atoms with E-state index in [0.717, 1.165) is 38.9 Å². The Hall–Kier alpha value is -5.17. The number of rotatable bonds is 7. The number of hydrogen-bond acceptors (Lipinski definition) is 3. The van der Waals surface area contributed by atoms with Gasteiger partial charge in [-0.25, -0.2) is 0 Å². The zero-order chi connectivity index (χ0) is 28.6. The molecular weight excluding hydrogens is 524 g/mol. The predicted molar refractivity (Wildman–Crippen MR) is 161 cm³/mol.